The molecule has 0 unspecified atom stereocenters. The molecule has 1 aliphatic heterocycles. The normalized spacial score (nSPS) is 12.8. The van der Waals surface area contributed by atoms with Crippen LogP contribution in [0.5, 0.6) is 17.4 Å². The average Bonchev–Trinajstić information content (AvgIpc) is 3.26. The summed E-state index contributed by atoms with van der Waals surface area (Å²) in [6.45, 7) is 3.41. The zero-order valence-electron chi connectivity index (χ0n) is 24.6. The third-order valence-corrected chi connectivity index (χ3v) is 7.77. The van der Waals surface area contributed by atoms with Crippen molar-refractivity contribution in [3.05, 3.63) is 96.1 Å². The van der Waals surface area contributed by atoms with Crippen LogP contribution in [0.25, 0.3) is 33.3 Å². The molecule has 0 spiro atoms. The zero-order chi connectivity index (χ0) is 29.8. The van der Waals surface area contributed by atoms with Crippen LogP contribution in [-0.4, -0.2) is 54.8 Å². The van der Waals surface area contributed by atoms with E-state index in [1.807, 2.05) is 72.5 Å². The first-order chi connectivity index (χ1) is 21.1. The number of hydrogen-bond donors (Lipinski definition) is 1. The molecule has 0 fully saturated rings. The van der Waals surface area contributed by atoms with Crippen LogP contribution in [0.3, 0.4) is 0 Å². The molecule has 2 amide bonds. The summed E-state index contributed by atoms with van der Waals surface area (Å²) in [5.41, 5.74) is 7.95. The van der Waals surface area contributed by atoms with E-state index in [1.54, 1.807) is 14.2 Å². The molecule has 5 aromatic rings. The fraction of sp³-hybridized carbons (Fsp3) is 0.229. The van der Waals surface area contributed by atoms with Gasteiger partial charge in [0.15, 0.2) is 5.82 Å². The minimum Gasteiger partial charge on any atom is -0.496 e. The van der Waals surface area contributed by atoms with Gasteiger partial charge in [0.25, 0.3) is 5.88 Å². The molecular weight excluding hydrogens is 540 g/mol. The van der Waals surface area contributed by atoms with Crippen LogP contribution < -0.4 is 19.5 Å². The topological polar surface area (TPSA) is 85.8 Å². The first-order valence-corrected chi connectivity index (χ1v) is 14.5. The van der Waals surface area contributed by atoms with Crippen LogP contribution in [0.1, 0.15) is 18.1 Å². The Morgan fingerprint density at radius 3 is 1.79 bits per heavy atom. The number of hydrogen-bond acceptors (Lipinski definition) is 6. The summed E-state index contributed by atoms with van der Waals surface area (Å²) < 4.78 is 17.3. The van der Waals surface area contributed by atoms with Gasteiger partial charge in [0.05, 0.1) is 31.9 Å². The summed E-state index contributed by atoms with van der Waals surface area (Å²) in [6.07, 6.45) is 1.41. The second-order valence-corrected chi connectivity index (χ2v) is 10.3. The number of nitrogens with one attached hydrogen (secondary N) is 1. The number of amides is 2. The highest BCUT2D eigenvalue weighted by Gasteiger charge is 2.24. The molecule has 0 bridgehead atoms. The van der Waals surface area contributed by atoms with E-state index >= 15 is 0 Å². The van der Waals surface area contributed by atoms with E-state index in [0.29, 0.717) is 55.3 Å². The predicted molar refractivity (Wildman–Crippen MR) is 169 cm³/mol. The number of carbonyl (C=O) groups excluding carboxylic acids is 1. The Morgan fingerprint density at radius 1 is 0.744 bits per heavy atom. The van der Waals surface area contributed by atoms with Crippen molar-refractivity contribution in [2.45, 2.75) is 19.8 Å². The third kappa shape index (κ3) is 5.68. The molecule has 0 atom stereocenters. The molecule has 0 saturated carbocycles. The molecular formula is C35H34N4O4. The number of carbonyl (C=O) groups is 1. The number of ether oxygens (including phenoxy) is 3. The molecule has 1 N–H and O–H groups in total. The molecule has 4 aromatic carbocycles. The van der Waals surface area contributed by atoms with Crippen LogP contribution in [0.4, 0.5) is 10.6 Å². The van der Waals surface area contributed by atoms with Crippen LogP contribution in [0.2, 0.25) is 0 Å². The predicted octanol–water partition coefficient (Wildman–Crippen LogP) is 7.01. The lowest BCUT2D eigenvalue weighted by Crippen LogP contribution is -2.37. The quantitative estimate of drug-likeness (QED) is 0.225. The smallest absolute Gasteiger partial charge is 0.323 e. The van der Waals surface area contributed by atoms with Crippen molar-refractivity contribution in [3.8, 4) is 39.6 Å². The second-order valence-electron chi connectivity index (χ2n) is 10.3. The molecule has 1 aromatic heterocycles. The van der Waals surface area contributed by atoms with E-state index in [9.17, 15) is 4.79 Å². The molecule has 43 heavy (non-hydrogen) atoms. The van der Waals surface area contributed by atoms with E-state index in [2.05, 4.69) is 39.6 Å². The average molecular weight is 575 g/mol. The Bertz CT molecular complexity index is 1710. The summed E-state index contributed by atoms with van der Waals surface area (Å²) >= 11 is 0. The third-order valence-electron chi connectivity index (χ3n) is 7.77. The number of aromatic nitrogens is 2. The number of nitrogens with zero attached hydrogens (tertiary/aromatic N) is 3. The van der Waals surface area contributed by atoms with Crippen LogP contribution in [0.15, 0.2) is 84.9 Å². The molecule has 8 nitrogen and oxygen atoms in total. The number of fused-ring (bicyclic) bond motifs is 2. The van der Waals surface area contributed by atoms with Gasteiger partial charge >= 0.3 is 6.03 Å². The first kappa shape index (κ1) is 28.0. The van der Waals surface area contributed by atoms with E-state index < -0.39 is 0 Å². The van der Waals surface area contributed by atoms with Crippen molar-refractivity contribution in [1.29, 1.82) is 0 Å². The van der Waals surface area contributed by atoms with Gasteiger partial charge in [-0.3, -0.25) is 5.32 Å². The first-order valence-electron chi connectivity index (χ1n) is 14.5. The van der Waals surface area contributed by atoms with Crippen LogP contribution >= 0.6 is 0 Å². The highest BCUT2D eigenvalue weighted by atomic mass is 16.5. The Hall–Kier alpha value is -5.11. The van der Waals surface area contributed by atoms with Crippen LogP contribution in [0, 0.1) is 0 Å². The number of methoxy groups -OCH3 is 2. The Balaban J connectivity index is 1.33. The Labute approximate surface area is 251 Å². The SMILES string of the molecule is CCOc1nc2ccccc2nc1NC(=O)N1CCc2cc(-c3ccccc3OC)c(-c3ccccc3OC)cc2CC1. The van der Waals surface area contributed by atoms with Gasteiger partial charge in [0, 0.05) is 24.2 Å². The van der Waals surface area contributed by atoms with Gasteiger partial charge in [0.1, 0.15) is 11.5 Å². The van der Waals surface area contributed by atoms with Gasteiger partial charge in [0.2, 0.25) is 0 Å². The minimum absolute atomic E-state index is 0.228. The maximum Gasteiger partial charge on any atom is 0.323 e. The van der Waals surface area contributed by atoms with Crippen molar-refractivity contribution in [1.82, 2.24) is 14.9 Å². The van der Waals surface area contributed by atoms with Gasteiger partial charge in [-0.1, -0.05) is 60.7 Å². The molecule has 218 valence electrons. The second kappa shape index (κ2) is 12.4. The van der Waals surface area contributed by atoms with Gasteiger partial charge in [-0.2, -0.15) is 0 Å². The summed E-state index contributed by atoms with van der Waals surface area (Å²) in [7, 11) is 3.39. The molecule has 6 rings (SSSR count). The summed E-state index contributed by atoms with van der Waals surface area (Å²) in [5, 5.41) is 2.97. The fourth-order valence-corrected chi connectivity index (χ4v) is 5.64. The number of benzene rings is 4. The van der Waals surface area contributed by atoms with Crippen molar-refractivity contribution in [2.75, 3.05) is 39.2 Å². The van der Waals surface area contributed by atoms with E-state index in [4.69, 9.17) is 14.2 Å². The lowest BCUT2D eigenvalue weighted by atomic mass is 9.88. The van der Waals surface area contributed by atoms with Crippen molar-refractivity contribution in [2.24, 2.45) is 0 Å². The van der Waals surface area contributed by atoms with Crippen molar-refractivity contribution in [3.63, 3.8) is 0 Å². The van der Waals surface area contributed by atoms with Crippen LogP contribution in [-0.2, 0) is 12.8 Å². The minimum atomic E-state index is -0.228. The number of para-hydroxylation sites is 4. The zero-order valence-corrected chi connectivity index (χ0v) is 24.6. The number of anilines is 1. The van der Waals surface area contributed by atoms with E-state index in [0.717, 1.165) is 33.8 Å². The highest BCUT2D eigenvalue weighted by Crippen LogP contribution is 2.42. The molecule has 8 heteroatoms. The van der Waals surface area contributed by atoms with E-state index in [1.165, 1.54) is 11.1 Å². The fourth-order valence-electron chi connectivity index (χ4n) is 5.64. The molecule has 1 aliphatic rings. The molecule has 0 saturated heterocycles. The number of rotatable bonds is 7. The summed E-state index contributed by atoms with van der Waals surface area (Å²) in [6, 6.07) is 27.9. The summed E-state index contributed by atoms with van der Waals surface area (Å²) in [4.78, 5) is 24.6. The van der Waals surface area contributed by atoms with Crippen molar-refractivity contribution < 1.29 is 19.0 Å². The summed E-state index contributed by atoms with van der Waals surface area (Å²) in [5.74, 6) is 2.24. The maximum atomic E-state index is 13.6. The van der Waals surface area contributed by atoms with Gasteiger partial charge < -0.3 is 19.1 Å². The standard InChI is InChI=1S/C35H34N4O4/c1-4-43-34-33(36-29-13-7-8-14-30(29)37-34)38-35(40)39-19-17-23-21-27(25-11-5-9-15-31(25)41-2)28(22-24(23)18-20-39)26-12-6-10-16-32(26)42-3/h5-16,21-22H,4,17-20H2,1-3H3,(H,36,38,40). The molecule has 0 aliphatic carbocycles. The Kier molecular flexibility index (Phi) is 8.09. The molecule has 0 radical (unpaired) electrons. The molecule has 2 heterocycles. The lowest BCUT2D eigenvalue weighted by Gasteiger charge is -2.21. The Morgan fingerprint density at radius 2 is 1.26 bits per heavy atom. The largest absolute Gasteiger partial charge is 0.496 e. The monoisotopic (exact) mass is 574 g/mol. The number of urea groups is 1. The highest BCUT2D eigenvalue weighted by molar-refractivity contribution is 5.92. The van der Waals surface area contributed by atoms with Gasteiger partial charge in [-0.15, -0.1) is 0 Å². The van der Waals surface area contributed by atoms with Crippen molar-refractivity contribution >= 4 is 22.9 Å². The maximum absolute atomic E-state index is 13.6. The van der Waals surface area contributed by atoms with E-state index in [-0.39, 0.29) is 6.03 Å². The lowest BCUT2D eigenvalue weighted by molar-refractivity contribution is 0.214. The van der Waals surface area contributed by atoms with Gasteiger partial charge in [-0.25, -0.2) is 14.8 Å². The van der Waals surface area contributed by atoms with Gasteiger partial charge in [-0.05, 0) is 66.3 Å².